The SMILES string of the molecule is CNS(=O)(=O)c1ccc2c(c1)[C@]1(C)CCN(C(=O)C3CCC(OC)CC3)C(C2)C1(C)C. The molecule has 0 spiro atoms. The van der Waals surface area contributed by atoms with Crippen molar-refractivity contribution in [2.24, 2.45) is 11.3 Å². The molecule has 1 unspecified atom stereocenters. The van der Waals surface area contributed by atoms with Gasteiger partial charge in [0.1, 0.15) is 0 Å². The van der Waals surface area contributed by atoms with Gasteiger partial charge in [-0.1, -0.05) is 26.8 Å². The Morgan fingerprint density at radius 2 is 1.84 bits per heavy atom. The number of sulfonamides is 1. The van der Waals surface area contributed by atoms with Gasteiger partial charge in [-0.05, 0) is 74.2 Å². The average Bonchev–Trinajstić information content (AvgIpc) is 2.75. The van der Waals surface area contributed by atoms with Crippen molar-refractivity contribution in [2.45, 2.75) is 81.8 Å². The number of piperidine rings is 1. The number of hydrogen-bond acceptors (Lipinski definition) is 4. The topological polar surface area (TPSA) is 75.7 Å². The molecule has 7 heteroatoms. The molecule has 0 radical (unpaired) electrons. The highest BCUT2D eigenvalue weighted by atomic mass is 32.2. The standard InChI is InChI=1S/C24H36N2O4S/c1-23(2)21-14-17-8-11-19(31(28,29)25-4)15-20(17)24(23,3)12-13-26(21)22(27)16-6-9-18(30-5)10-7-16/h8,11,15-16,18,21,25H,6-7,9-10,12-14H2,1-5H3/t16?,18?,21?,24-/m0/s1. The molecule has 1 heterocycles. The second-order valence-electron chi connectivity index (χ2n) is 10.3. The number of rotatable bonds is 4. The van der Waals surface area contributed by atoms with E-state index in [4.69, 9.17) is 4.74 Å². The molecule has 1 N–H and O–H groups in total. The summed E-state index contributed by atoms with van der Waals surface area (Å²) in [7, 11) is -0.291. The van der Waals surface area contributed by atoms with Crippen LogP contribution in [0.25, 0.3) is 0 Å². The Morgan fingerprint density at radius 1 is 1.16 bits per heavy atom. The molecule has 172 valence electrons. The van der Waals surface area contributed by atoms with E-state index in [2.05, 4.69) is 30.4 Å². The minimum atomic E-state index is -3.49. The largest absolute Gasteiger partial charge is 0.381 e. The summed E-state index contributed by atoms with van der Waals surface area (Å²) in [5, 5.41) is 0. The highest BCUT2D eigenvalue weighted by Gasteiger charge is 2.57. The van der Waals surface area contributed by atoms with Gasteiger partial charge in [-0.2, -0.15) is 0 Å². The molecule has 1 aromatic rings. The van der Waals surface area contributed by atoms with Crippen molar-refractivity contribution in [2.75, 3.05) is 20.7 Å². The number of hydrogen-bond donors (Lipinski definition) is 1. The summed E-state index contributed by atoms with van der Waals surface area (Å²) in [6.07, 6.45) is 5.62. The first-order valence-electron chi connectivity index (χ1n) is 11.5. The summed E-state index contributed by atoms with van der Waals surface area (Å²) in [4.78, 5) is 16.0. The predicted octanol–water partition coefficient (Wildman–Crippen LogP) is 3.24. The van der Waals surface area contributed by atoms with Gasteiger partial charge in [0.25, 0.3) is 0 Å². The van der Waals surface area contributed by atoms with Crippen molar-refractivity contribution in [3.63, 3.8) is 0 Å². The van der Waals surface area contributed by atoms with Crippen molar-refractivity contribution in [1.82, 2.24) is 9.62 Å². The fraction of sp³-hybridized carbons (Fsp3) is 0.708. The summed E-state index contributed by atoms with van der Waals surface area (Å²) in [5.41, 5.74) is 1.95. The summed E-state index contributed by atoms with van der Waals surface area (Å²) < 4.78 is 32.7. The van der Waals surface area contributed by atoms with E-state index >= 15 is 0 Å². The van der Waals surface area contributed by atoms with Gasteiger partial charge in [0.15, 0.2) is 0 Å². The van der Waals surface area contributed by atoms with Crippen LogP contribution in [0.1, 0.15) is 64.0 Å². The van der Waals surface area contributed by atoms with Gasteiger partial charge in [0.05, 0.1) is 11.0 Å². The van der Waals surface area contributed by atoms with Crippen molar-refractivity contribution < 1.29 is 17.9 Å². The maximum atomic E-state index is 13.6. The highest BCUT2D eigenvalue weighted by Crippen LogP contribution is 2.56. The van der Waals surface area contributed by atoms with Crippen molar-refractivity contribution in [3.8, 4) is 0 Å². The molecule has 3 aliphatic rings. The molecule has 2 fully saturated rings. The van der Waals surface area contributed by atoms with Crippen LogP contribution in [-0.4, -0.2) is 52.1 Å². The van der Waals surface area contributed by atoms with E-state index in [0.29, 0.717) is 10.8 Å². The van der Waals surface area contributed by atoms with Gasteiger partial charge >= 0.3 is 0 Å². The average molecular weight is 449 g/mol. The number of nitrogens with one attached hydrogen (secondary N) is 1. The fourth-order valence-corrected chi connectivity index (χ4v) is 6.97. The Labute approximate surface area is 186 Å². The zero-order valence-corrected chi connectivity index (χ0v) is 20.2. The van der Waals surface area contributed by atoms with Crippen LogP contribution in [0, 0.1) is 11.3 Å². The Bertz CT molecular complexity index is 966. The molecular formula is C24H36N2O4S. The van der Waals surface area contributed by atoms with E-state index < -0.39 is 10.0 Å². The molecular weight excluding hydrogens is 412 g/mol. The van der Waals surface area contributed by atoms with E-state index in [-0.39, 0.29) is 28.9 Å². The zero-order valence-electron chi connectivity index (χ0n) is 19.4. The number of fused-ring (bicyclic) bond motifs is 4. The van der Waals surface area contributed by atoms with Crippen molar-refractivity contribution in [1.29, 1.82) is 0 Å². The predicted molar refractivity (Wildman–Crippen MR) is 120 cm³/mol. The second kappa shape index (κ2) is 7.85. The molecule has 1 amide bonds. The minimum Gasteiger partial charge on any atom is -0.381 e. The van der Waals surface area contributed by atoms with Crippen LogP contribution in [0.5, 0.6) is 0 Å². The van der Waals surface area contributed by atoms with Crippen LogP contribution in [-0.2, 0) is 31.4 Å². The van der Waals surface area contributed by atoms with Crippen molar-refractivity contribution in [3.05, 3.63) is 29.3 Å². The van der Waals surface area contributed by atoms with E-state index in [0.717, 1.165) is 50.6 Å². The van der Waals surface area contributed by atoms with Gasteiger partial charge in [-0.25, -0.2) is 13.1 Å². The molecule has 4 rings (SSSR count). The monoisotopic (exact) mass is 448 g/mol. The highest BCUT2D eigenvalue weighted by molar-refractivity contribution is 7.89. The van der Waals surface area contributed by atoms with Gasteiger partial charge in [0, 0.05) is 31.0 Å². The molecule has 1 aliphatic heterocycles. The van der Waals surface area contributed by atoms with Crippen LogP contribution in [0.4, 0.5) is 0 Å². The van der Waals surface area contributed by atoms with Crippen LogP contribution in [0.15, 0.2) is 23.1 Å². The molecule has 1 saturated carbocycles. The third-order valence-electron chi connectivity index (χ3n) is 8.79. The number of amides is 1. The van der Waals surface area contributed by atoms with Crippen LogP contribution in [0.3, 0.4) is 0 Å². The molecule has 1 aromatic carbocycles. The maximum Gasteiger partial charge on any atom is 0.240 e. The van der Waals surface area contributed by atoms with E-state index in [1.807, 2.05) is 12.1 Å². The maximum absolute atomic E-state index is 13.6. The van der Waals surface area contributed by atoms with Crippen LogP contribution < -0.4 is 4.72 Å². The van der Waals surface area contributed by atoms with Gasteiger partial charge in [0.2, 0.25) is 15.9 Å². The summed E-state index contributed by atoms with van der Waals surface area (Å²) in [5.74, 6) is 0.392. The number of likely N-dealkylation sites (tertiary alicyclic amines) is 1. The van der Waals surface area contributed by atoms with Gasteiger partial charge in [-0.3, -0.25) is 4.79 Å². The van der Waals surface area contributed by atoms with E-state index in [1.165, 1.54) is 12.6 Å². The summed E-state index contributed by atoms with van der Waals surface area (Å²) in [6, 6.07) is 5.64. The number of methoxy groups -OCH3 is 1. The number of carbonyl (C=O) groups excluding carboxylic acids is 1. The Hall–Kier alpha value is -1.44. The Balaban J connectivity index is 1.66. The smallest absolute Gasteiger partial charge is 0.240 e. The fourth-order valence-electron chi connectivity index (χ4n) is 6.21. The molecule has 1 saturated heterocycles. The normalized spacial score (nSPS) is 32.4. The summed E-state index contributed by atoms with van der Waals surface area (Å²) >= 11 is 0. The van der Waals surface area contributed by atoms with E-state index in [9.17, 15) is 13.2 Å². The lowest BCUT2D eigenvalue weighted by Gasteiger charge is -2.61. The molecule has 0 aromatic heterocycles. The lowest BCUT2D eigenvalue weighted by atomic mass is 9.51. The first-order valence-corrected chi connectivity index (χ1v) is 12.9. The number of ether oxygens (including phenoxy) is 1. The summed E-state index contributed by atoms with van der Waals surface area (Å²) in [6.45, 7) is 7.48. The Kier molecular flexibility index (Phi) is 5.76. The van der Waals surface area contributed by atoms with Crippen molar-refractivity contribution >= 4 is 15.9 Å². The molecule has 6 nitrogen and oxygen atoms in total. The lowest BCUT2D eigenvalue weighted by Crippen LogP contribution is -2.65. The Morgan fingerprint density at radius 3 is 2.45 bits per heavy atom. The van der Waals surface area contributed by atoms with Crippen LogP contribution >= 0.6 is 0 Å². The van der Waals surface area contributed by atoms with E-state index in [1.54, 1.807) is 13.2 Å². The second-order valence-corrected chi connectivity index (χ2v) is 12.2. The van der Waals surface area contributed by atoms with Gasteiger partial charge < -0.3 is 9.64 Å². The number of nitrogens with zero attached hydrogens (tertiary/aromatic N) is 1. The molecule has 2 atom stereocenters. The third kappa shape index (κ3) is 3.53. The zero-order chi connectivity index (χ0) is 22.6. The number of benzene rings is 1. The molecule has 31 heavy (non-hydrogen) atoms. The number of carbonyl (C=O) groups is 1. The molecule has 2 aliphatic carbocycles. The van der Waals surface area contributed by atoms with Gasteiger partial charge in [-0.15, -0.1) is 0 Å². The lowest BCUT2D eigenvalue weighted by molar-refractivity contribution is -0.150. The minimum absolute atomic E-state index is 0.0936. The third-order valence-corrected chi connectivity index (χ3v) is 10.2. The van der Waals surface area contributed by atoms with Crippen LogP contribution in [0.2, 0.25) is 0 Å². The quantitative estimate of drug-likeness (QED) is 0.767. The molecule has 2 bridgehead atoms. The first-order chi connectivity index (χ1) is 14.5. The first kappa shape index (κ1) is 22.7.